The minimum atomic E-state index is -0.579. The minimum Gasteiger partial charge on any atom is -0.336 e. The molecule has 0 fully saturated rings. The lowest BCUT2D eigenvalue weighted by Gasteiger charge is -2.35. The molecule has 1 atom stereocenters. The molecule has 0 aliphatic carbocycles. The monoisotopic (exact) mass is 266 g/mol. The maximum absolute atomic E-state index is 12.9. The van der Waals surface area contributed by atoms with Crippen LogP contribution in [0.3, 0.4) is 0 Å². The molecule has 0 bridgehead atoms. The predicted octanol–water partition coefficient (Wildman–Crippen LogP) is 2.72. The lowest BCUT2D eigenvalue weighted by Crippen LogP contribution is -2.45. The van der Waals surface area contributed by atoms with Gasteiger partial charge in [-0.2, -0.15) is 0 Å². The molecule has 0 aliphatic heterocycles. The smallest absolute Gasteiger partial charge is 0.229 e. The summed E-state index contributed by atoms with van der Waals surface area (Å²) in [5, 5.41) is 0. The van der Waals surface area contributed by atoms with Crippen LogP contribution >= 0.6 is 0 Å². The number of nitrogens with zero attached hydrogens (tertiary/aromatic N) is 1. The van der Waals surface area contributed by atoms with Gasteiger partial charge in [0.05, 0.1) is 11.5 Å². The molecule has 0 aromatic heterocycles. The van der Waals surface area contributed by atoms with Crippen molar-refractivity contribution in [2.24, 2.45) is 11.1 Å². The number of hydrogen-bond acceptors (Lipinski definition) is 2. The molecule has 106 valence electrons. The van der Waals surface area contributed by atoms with Crippen LogP contribution in [-0.2, 0) is 4.79 Å². The quantitative estimate of drug-likeness (QED) is 0.890. The van der Waals surface area contributed by atoms with Gasteiger partial charge in [0.15, 0.2) is 0 Å². The third kappa shape index (κ3) is 3.53. The van der Waals surface area contributed by atoms with Crippen molar-refractivity contribution < 1.29 is 9.18 Å². The highest BCUT2D eigenvalue weighted by molar-refractivity contribution is 5.82. The molecule has 0 saturated heterocycles. The summed E-state index contributed by atoms with van der Waals surface area (Å²) in [4.78, 5) is 14.3. The Labute approximate surface area is 114 Å². The topological polar surface area (TPSA) is 46.3 Å². The zero-order chi connectivity index (χ0) is 14.6. The fraction of sp³-hybridized carbons (Fsp3) is 0.533. The molecule has 0 radical (unpaired) electrons. The summed E-state index contributed by atoms with van der Waals surface area (Å²) < 4.78 is 12.9. The SMILES string of the molecule is CCN(C(=O)C(C)(C)CN)C(C)c1ccc(F)cc1. The Morgan fingerprint density at radius 3 is 2.32 bits per heavy atom. The van der Waals surface area contributed by atoms with Crippen molar-refractivity contribution in [3.8, 4) is 0 Å². The lowest BCUT2D eigenvalue weighted by molar-refractivity contribution is -0.141. The first-order valence-corrected chi connectivity index (χ1v) is 6.60. The van der Waals surface area contributed by atoms with Gasteiger partial charge in [-0.15, -0.1) is 0 Å². The number of nitrogens with two attached hydrogens (primary N) is 1. The Morgan fingerprint density at radius 1 is 1.37 bits per heavy atom. The Morgan fingerprint density at radius 2 is 1.89 bits per heavy atom. The van der Waals surface area contributed by atoms with E-state index in [0.29, 0.717) is 13.1 Å². The average Bonchev–Trinajstić information content (AvgIpc) is 2.40. The van der Waals surface area contributed by atoms with E-state index in [1.165, 1.54) is 12.1 Å². The average molecular weight is 266 g/mol. The molecule has 19 heavy (non-hydrogen) atoms. The molecule has 1 aromatic rings. The lowest BCUT2D eigenvalue weighted by atomic mass is 9.90. The molecule has 2 N–H and O–H groups in total. The summed E-state index contributed by atoms with van der Waals surface area (Å²) in [6, 6.07) is 6.16. The molecule has 1 amide bonds. The van der Waals surface area contributed by atoms with E-state index < -0.39 is 5.41 Å². The molecule has 1 rings (SSSR count). The van der Waals surface area contributed by atoms with Crippen molar-refractivity contribution in [1.82, 2.24) is 4.90 Å². The van der Waals surface area contributed by atoms with E-state index in [0.717, 1.165) is 5.56 Å². The predicted molar refractivity (Wildman–Crippen MR) is 75.0 cm³/mol. The number of carbonyl (C=O) groups excluding carboxylic acids is 1. The number of benzene rings is 1. The van der Waals surface area contributed by atoms with E-state index in [1.807, 2.05) is 27.7 Å². The molecule has 1 aromatic carbocycles. The van der Waals surface area contributed by atoms with Gasteiger partial charge in [0, 0.05) is 13.1 Å². The van der Waals surface area contributed by atoms with E-state index in [2.05, 4.69) is 0 Å². The maximum Gasteiger partial charge on any atom is 0.229 e. The molecule has 0 saturated carbocycles. The summed E-state index contributed by atoms with van der Waals surface area (Å²) in [5.41, 5.74) is 6.00. The molecule has 4 heteroatoms. The number of carbonyl (C=O) groups is 1. The van der Waals surface area contributed by atoms with Crippen LogP contribution in [0.4, 0.5) is 4.39 Å². The van der Waals surface area contributed by atoms with E-state index in [-0.39, 0.29) is 17.8 Å². The van der Waals surface area contributed by atoms with E-state index in [9.17, 15) is 9.18 Å². The zero-order valence-electron chi connectivity index (χ0n) is 12.1. The summed E-state index contributed by atoms with van der Waals surface area (Å²) in [5.74, 6) is -0.248. The Hall–Kier alpha value is -1.42. The molecule has 1 unspecified atom stereocenters. The Balaban J connectivity index is 2.97. The number of halogens is 1. The van der Waals surface area contributed by atoms with Crippen LogP contribution in [0.25, 0.3) is 0 Å². The van der Waals surface area contributed by atoms with Crippen molar-refractivity contribution in [2.45, 2.75) is 33.7 Å². The number of rotatable bonds is 5. The minimum absolute atomic E-state index is 0.0225. The Kier molecular flexibility index (Phi) is 5.06. The highest BCUT2D eigenvalue weighted by Gasteiger charge is 2.32. The van der Waals surface area contributed by atoms with Gasteiger partial charge in [-0.25, -0.2) is 4.39 Å². The van der Waals surface area contributed by atoms with Crippen molar-refractivity contribution in [1.29, 1.82) is 0 Å². The highest BCUT2D eigenvalue weighted by atomic mass is 19.1. The van der Waals surface area contributed by atoms with Crippen molar-refractivity contribution in [3.63, 3.8) is 0 Å². The third-order valence-corrected chi connectivity index (χ3v) is 3.51. The van der Waals surface area contributed by atoms with Gasteiger partial charge in [-0.3, -0.25) is 4.79 Å². The van der Waals surface area contributed by atoms with Gasteiger partial charge in [0.1, 0.15) is 5.82 Å². The molecule has 0 heterocycles. The van der Waals surface area contributed by atoms with Crippen LogP contribution in [0.5, 0.6) is 0 Å². The number of amides is 1. The van der Waals surface area contributed by atoms with Crippen LogP contribution in [0.15, 0.2) is 24.3 Å². The highest BCUT2D eigenvalue weighted by Crippen LogP contribution is 2.26. The first-order chi connectivity index (χ1) is 8.83. The van der Waals surface area contributed by atoms with Crippen molar-refractivity contribution in [2.75, 3.05) is 13.1 Å². The molecular weight excluding hydrogens is 243 g/mol. The van der Waals surface area contributed by atoms with E-state index in [1.54, 1.807) is 17.0 Å². The second-order valence-corrected chi connectivity index (χ2v) is 5.41. The second kappa shape index (κ2) is 6.15. The van der Waals surface area contributed by atoms with Gasteiger partial charge < -0.3 is 10.6 Å². The Bertz CT molecular complexity index is 428. The fourth-order valence-electron chi connectivity index (χ4n) is 1.99. The van der Waals surface area contributed by atoms with Crippen LogP contribution < -0.4 is 5.73 Å². The summed E-state index contributed by atoms with van der Waals surface area (Å²) >= 11 is 0. The van der Waals surface area contributed by atoms with Gasteiger partial charge in [-0.05, 0) is 45.4 Å². The van der Waals surface area contributed by atoms with Crippen LogP contribution in [-0.4, -0.2) is 23.9 Å². The molecule has 0 spiro atoms. The van der Waals surface area contributed by atoms with Crippen LogP contribution in [0, 0.1) is 11.2 Å². The van der Waals surface area contributed by atoms with Gasteiger partial charge in [0.2, 0.25) is 5.91 Å². The van der Waals surface area contributed by atoms with Crippen molar-refractivity contribution in [3.05, 3.63) is 35.6 Å². The van der Waals surface area contributed by atoms with Crippen molar-refractivity contribution >= 4 is 5.91 Å². The van der Waals surface area contributed by atoms with Gasteiger partial charge in [-0.1, -0.05) is 12.1 Å². The molecular formula is C15H23FN2O. The largest absolute Gasteiger partial charge is 0.336 e. The first-order valence-electron chi connectivity index (χ1n) is 6.60. The second-order valence-electron chi connectivity index (χ2n) is 5.41. The summed E-state index contributed by atoms with van der Waals surface area (Å²) in [7, 11) is 0. The third-order valence-electron chi connectivity index (χ3n) is 3.51. The standard InChI is InChI=1S/C15H23FN2O/c1-5-18(14(19)15(3,4)10-17)11(2)12-6-8-13(16)9-7-12/h6-9,11H,5,10,17H2,1-4H3. The van der Waals surface area contributed by atoms with E-state index >= 15 is 0 Å². The summed E-state index contributed by atoms with van der Waals surface area (Å²) in [6.07, 6.45) is 0. The van der Waals surface area contributed by atoms with E-state index in [4.69, 9.17) is 5.73 Å². The van der Waals surface area contributed by atoms with Gasteiger partial charge >= 0.3 is 0 Å². The number of hydrogen-bond donors (Lipinski definition) is 1. The van der Waals surface area contributed by atoms with Crippen LogP contribution in [0.1, 0.15) is 39.3 Å². The fourth-order valence-corrected chi connectivity index (χ4v) is 1.99. The van der Waals surface area contributed by atoms with Gasteiger partial charge in [0.25, 0.3) is 0 Å². The zero-order valence-corrected chi connectivity index (χ0v) is 12.1. The normalized spacial score (nSPS) is 13.2. The maximum atomic E-state index is 12.9. The first kappa shape index (κ1) is 15.6. The molecule has 3 nitrogen and oxygen atoms in total. The van der Waals surface area contributed by atoms with Crippen LogP contribution in [0.2, 0.25) is 0 Å². The molecule has 0 aliphatic rings. The summed E-state index contributed by atoms with van der Waals surface area (Å²) in [6.45, 7) is 8.47.